The summed E-state index contributed by atoms with van der Waals surface area (Å²) in [5, 5.41) is 21.6. The number of rotatable bonds is 9. The third-order valence-corrected chi connectivity index (χ3v) is 4.24. The van der Waals surface area contributed by atoms with Crippen LogP contribution in [0.2, 0.25) is 5.02 Å². The molecule has 1 atom stereocenters. The number of hydrogen-bond acceptors (Lipinski definition) is 8. The van der Waals surface area contributed by atoms with E-state index in [9.17, 15) is 5.11 Å². The third-order valence-electron chi connectivity index (χ3n) is 3.74. The first-order valence-corrected chi connectivity index (χ1v) is 8.90. The fourth-order valence-corrected chi connectivity index (χ4v) is 2.66. The number of benzene rings is 1. The van der Waals surface area contributed by atoms with Crippen molar-refractivity contribution in [1.82, 2.24) is 15.2 Å². The van der Waals surface area contributed by atoms with Crippen molar-refractivity contribution in [3.8, 4) is 11.3 Å². The first kappa shape index (κ1) is 21.3. The van der Waals surface area contributed by atoms with Gasteiger partial charge in [0.2, 0.25) is 5.95 Å². The maximum atomic E-state index is 9.62. The number of nitrogens with two attached hydrogens (primary N) is 1. The van der Waals surface area contributed by atoms with E-state index in [-0.39, 0.29) is 25.0 Å². The smallest absolute Gasteiger partial charge is 0.245 e. The minimum absolute atomic E-state index is 0.172. The summed E-state index contributed by atoms with van der Waals surface area (Å²) in [4.78, 5) is 4.29. The predicted molar refractivity (Wildman–Crippen MR) is 106 cm³/mol. The minimum atomic E-state index is -0.669. The zero-order valence-corrected chi connectivity index (χ0v) is 16.7. The van der Waals surface area contributed by atoms with Gasteiger partial charge in [0.1, 0.15) is 11.8 Å². The van der Waals surface area contributed by atoms with Gasteiger partial charge in [-0.15, -0.1) is 10.2 Å². The van der Waals surface area contributed by atoms with Crippen LogP contribution in [0.3, 0.4) is 0 Å². The Kier molecular flexibility index (Phi) is 7.32. The van der Waals surface area contributed by atoms with Gasteiger partial charge >= 0.3 is 0 Å². The Balaban J connectivity index is 2.05. The van der Waals surface area contributed by atoms with Gasteiger partial charge in [-0.05, 0) is 26.3 Å². The standard InChI is InChI=1S/C18H26ClN5O3/c1-11-6-5-7-13(14(11)19)15-16(20)21-17(24-23-15)22-18(2,3)10-27-9-12(25)8-26-4/h5-7,12,25H,8-10H2,1-4H3,(H3,20,21,22,24). The van der Waals surface area contributed by atoms with Crippen molar-refractivity contribution < 1.29 is 14.6 Å². The SMILES string of the molecule is COCC(O)COCC(C)(C)Nc1nnc(-c2cccc(C)c2Cl)c(N)n1. The Morgan fingerprint density at radius 2 is 2.04 bits per heavy atom. The zero-order chi connectivity index (χ0) is 20.0. The van der Waals surface area contributed by atoms with Crippen molar-refractivity contribution in [1.29, 1.82) is 0 Å². The number of aliphatic hydroxyl groups excluding tert-OH is 1. The summed E-state index contributed by atoms with van der Waals surface area (Å²) in [6.07, 6.45) is -0.669. The number of aromatic nitrogens is 3. The number of nitrogen functional groups attached to an aromatic ring is 1. The van der Waals surface area contributed by atoms with Gasteiger partial charge in [-0.1, -0.05) is 29.8 Å². The molecule has 0 aliphatic rings. The predicted octanol–water partition coefficient (Wildman–Crippen LogP) is 2.30. The highest BCUT2D eigenvalue weighted by molar-refractivity contribution is 6.34. The van der Waals surface area contributed by atoms with Crippen molar-refractivity contribution in [2.45, 2.75) is 32.4 Å². The molecule has 0 saturated carbocycles. The topological polar surface area (TPSA) is 115 Å². The van der Waals surface area contributed by atoms with Crippen LogP contribution in [-0.2, 0) is 9.47 Å². The number of ether oxygens (including phenoxy) is 2. The fourth-order valence-electron chi connectivity index (χ4n) is 2.44. The van der Waals surface area contributed by atoms with Gasteiger partial charge in [0, 0.05) is 12.7 Å². The molecule has 9 heteroatoms. The van der Waals surface area contributed by atoms with Gasteiger partial charge in [0.25, 0.3) is 0 Å². The average Bonchev–Trinajstić information content (AvgIpc) is 2.58. The molecule has 8 nitrogen and oxygen atoms in total. The largest absolute Gasteiger partial charge is 0.388 e. The quantitative estimate of drug-likeness (QED) is 0.592. The van der Waals surface area contributed by atoms with Crippen LogP contribution in [0.1, 0.15) is 19.4 Å². The van der Waals surface area contributed by atoms with Gasteiger partial charge in [-0.2, -0.15) is 4.98 Å². The highest BCUT2D eigenvalue weighted by Gasteiger charge is 2.21. The van der Waals surface area contributed by atoms with E-state index >= 15 is 0 Å². The second-order valence-corrected chi connectivity index (χ2v) is 7.32. The normalized spacial score (nSPS) is 12.8. The van der Waals surface area contributed by atoms with Crippen LogP contribution in [0.15, 0.2) is 18.2 Å². The molecule has 1 unspecified atom stereocenters. The molecule has 0 radical (unpaired) electrons. The molecule has 0 spiro atoms. The van der Waals surface area contributed by atoms with Crippen LogP contribution in [-0.4, -0.2) is 58.9 Å². The summed E-state index contributed by atoms with van der Waals surface area (Å²) in [5.41, 5.74) is 7.63. The number of hydrogen-bond donors (Lipinski definition) is 3. The lowest BCUT2D eigenvalue weighted by Crippen LogP contribution is -2.38. The van der Waals surface area contributed by atoms with Crippen molar-refractivity contribution >= 4 is 23.4 Å². The monoisotopic (exact) mass is 395 g/mol. The molecule has 0 saturated heterocycles. The summed E-state index contributed by atoms with van der Waals surface area (Å²) in [6.45, 7) is 6.46. The zero-order valence-electron chi connectivity index (χ0n) is 16.0. The van der Waals surface area contributed by atoms with Gasteiger partial charge in [-0.25, -0.2) is 0 Å². The lowest BCUT2D eigenvalue weighted by molar-refractivity contribution is -0.0138. The average molecular weight is 396 g/mol. The fraction of sp³-hybridized carbons (Fsp3) is 0.500. The maximum Gasteiger partial charge on any atom is 0.245 e. The molecule has 0 aliphatic heterocycles. The van der Waals surface area contributed by atoms with E-state index in [0.29, 0.717) is 22.9 Å². The first-order chi connectivity index (χ1) is 12.7. The molecule has 0 amide bonds. The van der Waals surface area contributed by atoms with E-state index in [1.54, 1.807) is 0 Å². The van der Waals surface area contributed by atoms with Gasteiger partial charge < -0.3 is 25.6 Å². The molecule has 0 fully saturated rings. The van der Waals surface area contributed by atoms with E-state index in [4.69, 9.17) is 26.8 Å². The van der Waals surface area contributed by atoms with Gasteiger partial charge in [0.05, 0.1) is 30.4 Å². The Morgan fingerprint density at radius 3 is 2.70 bits per heavy atom. The summed E-state index contributed by atoms with van der Waals surface area (Å²) in [7, 11) is 1.52. The molecule has 2 aromatic rings. The van der Waals surface area contributed by atoms with Gasteiger partial charge in [-0.3, -0.25) is 0 Å². The number of halogens is 1. The van der Waals surface area contributed by atoms with Crippen molar-refractivity contribution in [3.63, 3.8) is 0 Å². The number of aliphatic hydroxyl groups is 1. The van der Waals surface area contributed by atoms with E-state index in [0.717, 1.165) is 5.56 Å². The number of nitrogens with zero attached hydrogens (tertiary/aromatic N) is 3. The maximum absolute atomic E-state index is 9.62. The van der Waals surface area contributed by atoms with Crippen LogP contribution in [0.4, 0.5) is 11.8 Å². The van der Waals surface area contributed by atoms with E-state index < -0.39 is 11.6 Å². The summed E-state index contributed by atoms with van der Waals surface area (Å²) < 4.78 is 10.4. The van der Waals surface area contributed by atoms with Crippen molar-refractivity contribution in [2.24, 2.45) is 0 Å². The number of nitrogens with one attached hydrogen (secondary N) is 1. The Labute approximate surface area is 164 Å². The van der Waals surface area contributed by atoms with Crippen LogP contribution in [0.25, 0.3) is 11.3 Å². The van der Waals surface area contributed by atoms with Gasteiger partial charge in [0.15, 0.2) is 5.82 Å². The van der Waals surface area contributed by atoms with Crippen LogP contribution in [0, 0.1) is 6.92 Å². The molecule has 1 aromatic carbocycles. The summed E-state index contributed by atoms with van der Waals surface area (Å²) >= 11 is 6.34. The molecule has 2 rings (SSSR count). The lowest BCUT2D eigenvalue weighted by Gasteiger charge is -2.26. The molecule has 1 aromatic heterocycles. The molecule has 27 heavy (non-hydrogen) atoms. The van der Waals surface area contributed by atoms with Crippen molar-refractivity contribution in [2.75, 3.05) is 38.0 Å². The van der Waals surface area contributed by atoms with Crippen LogP contribution in [0.5, 0.6) is 0 Å². The lowest BCUT2D eigenvalue weighted by atomic mass is 10.1. The second kappa shape index (κ2) is 9.27. The molecule has 1 heterocycles. The minimum Gasteiger partial charge on any atom is -0.388 e. The molecule has 0 aliphatic carbocycles. The molecule has 148 valence electrons. The van der Waals surface area contributed by atoms with E-state index in [2.05, 4.69) is 20.5 Å². The van der Waals surface area contributed by atoms with Crippen molar-refractivity contribution in [3.05, 3.63) is 28.8 Å². The van der Waals surface area contributed by atoms with E-state index in [1.807, 2.05) is 39.0 Å². The number of methoxy groups -OCH3 is 1. The summed E-state index contributed by atoms with van der Waals surface area (Å²) in [5.74, 6) is 0.512. The summed E-state index contributed by atoms with van der Waals surface area (Å²) in [6, 6.07) is 5.61. The third kappa shape index (κ3) is 6.00. The molecule has 4 N–H and O–H groups in total. The molecular weight excluding hydrogens is 370 g/mol. The number of anilines is 2. The Hall–Kier alpha value is -2.00. The number of aryl methyl sites for hydroxylation is 1. The second-order valence-electron chi connectivity index (χ2n) is 6.94. The molecular formula is C18H26ClN5O3. The Bertz CT molecular complexity index is 773. The highest BCUT2D eigenvalue weighted by Crippen LogP contribution is 2.31. The van der Waals surface area contributed by atoms with Crippen LogP contribution < -0.4 is 11.1 Å². The van der Waals surface area contributed by atoms with Crippen LogP contribution >= 0.6 is 11.6 Å². The van der Waals surface area contributed by atoms with E-state index in [1.165, 1.54) is 7.11 Å². The highest BCUT2D eigenvalue weighted by atomic mass is 35.5. The first-order valence-electron chi connectivity index (χ1n) is 8.52. The Morgan fingerprint density at radius 1 is 1.30 bits per heavy atom. The molecule has 0 bridgehead atoms.